The molecule has 1 N–H and O–H groups in total. The van der Waals surface area contributed by atoms with Crippen LogP contribution in [0.15, 0.2) is 30.6 Å². The number of hydrogen-bond donors (Lipinski definition) is 1. The van der Waals surface area contributed by atoms with Gasteiger partial charge in [0.15, 0.2) is 4.47 Å². The van der Waals surface area contributed by atoms with Crippen molar-refractivity contribution in [2.45, 2.75) is 12.7 Å². The number of thiazole rings is 1. The Hall–Kier alpha value is -2.13. The van der Waals surface area contributed by atoms with Crippen molar-refractivity contribution >= 4 is 34.4 Å². The maximum atomic E-state index is 12.9. The molecule has 3 rings (SSSR count). The number of hydrogen-bond acceptors (Lipinski definition) is 4. The first kappa shape index (κ1) is 15.8. The molecule has 0 aliphatic rings. The van der Waals surface area contributed by atoms with Crippen LogP contribution in [-0.4, -0.2) is 26.6 Å². The van der Waals surface area contributed by atoms with Crippen LogP contribution >= 0.6 is 22.9 Å². The molecule has 0 saturated carbocycles. The minimum atomic E-state index is -5.10. The van der Waals surface area contributed by atoms with Crippen LogP contribution < -0.4 is 4.40 Å². The molecule has 0 amide bonds. The molecule has 120 valence electrons. The van der Waals surface area contributed by atoms with E-state index in [2.05, 4.69) is 4.98 Å². The lowest BCUT2D eigenvalue weighted by Crippen LogP contribution is -2.26. The van der Waals surface area contributed by atoms with Gasteiger partial charge in [0.25, 0.3) is 11.3 Å². The Labute approximate surface area is 136 Å². The van der Waals surface area contributed by atoms with E-state index in [1.165, 1.54) is 24.5 Å². The van der Waals surface area contributed by atoms with Crippen molar-refractivity contribution in [2.24, 2.45) is 0 Å². The van der Waals surface area contributed by atoms with Crippen LogP contribution in [0.25, 0.3) is 5.65 Å². The molecule has 0 bridgehead atoms. The zero-order valence-electron chi connectivity index (χ0n) is 11.2. The van der Waals surface area contributed by atoms with Crippen molar-refractivity contribution in [3.8, 4) is 5.88 Å². The average molecular weight is 363 g/mol. The van der Waals surface area contributed by atoms with E-state index in [-0.39, 0.29) is 16.7 Å². The fourth-order valence-corrected chi connectivity index (χ4v) is 3.18. The van der Waals surface area contributed by atoms with Gasteiger partial charge in [-0.2, -0.15) is 17.6 Å². The molecule has 0 fully saturated rings. The Kier molecular flexibility index (Phi) is 3.77. The molecule has 3 aromatic rings. The highest BCUT2D eigenvalue weighted by molar-refractivity contribution is 7.15. The fraction of sp³-hybridized carbons (Fsp3) is 0.154. The minimum Gasteiger partial charge on any atom is -0.474 e. The van der Waals surface area contributed by atoms with Gasteiger partial charge in [-0.3, -0.25) is 4.79 Å². The van der Waals surface area contributed by atoms with Gasteiger partial charge in [-0.25, -0.2) is 9.55 Å². The quantitative estimate of drug-likeness (QED) is 0.576. The first-order chi connectivity index (χ1) is 10.8. The number of fused-ring (bicyclic) bond motifs is 1. The van der Waals surface area contributed by atoms with Crippen molar-refractivity contribution in [1.82, 2.24) is 9.55 Å². The number of carbonyl (C=O) groups is 1. The Morgan fingerprint density at radius 1 is 1.43 bits per heavy atom. The number of aromatic hydroxyl groups is 1. The number of alkyl halides is 3. The Bertz CT molecular complexity index is 904. The van der Waals surface area contributed by atoms with Crippen molar-refractivity contribution in [3.63, 3.8) is 0 Å². The molecule has 0 saturated heterocycles. The van der Waals surface area contributed by atoms with E-state index >= 15 is 0 Å². The summed E-state index contributed by atoms with van der Waals surface area (Å²) in [7, 11) is 0. The molecule has 0 aliphatic heterocycles. The normalized spacial score (nSPS) is 12.0. The largest absolute Gasteiger partial charge is 0.474 e. The second-order valence-electron chi connectivity index (χ2n) is 4.59. The molecule has 10 heteroatoms. The molecule has 0 radical (unpaired) electrons. The first-order valence-corrected chi connectivity index (χ1v) is 7.42. The molecule has 0 unspecified atom stereocenters. The third-order valence-corrected chi connectivity index (χ3v) is 4.24. The number of rotatable bonds is 3. The van der Waals surface area contributed by atoms with Gasteiger partial charge in [0.2, 0.25) is 0 Å². The fourth-order valence-electron chi connectivity index (χ4n) is 2.21. The summed E-state index contributed by atoms with van der Waals surface area (Å²) in [5.74, 6) is -2.88. The summed E-state index contributed by atoms with van der Waals surface area (Å²) < 4.78 is 41.0. The third kappa shape index (κ3) is 2.77. The van der Waals surface area contributed by atoms with Crippen LogP contribution in [-0.2, 0) is 6.54 Å². The summed E-state index contributed by atoms with van der Waals surface area (Å²) in [6.45, 7) is -0.0738. The van der Waals surface area contributed by atoms with Gasteiger partial charge in [-0.1, -0.05) is 17.7 Å². The predicted octanol–water partition coefficient (Wildman–Crippen LogP) is 2.84. The van der Waals surface area contributed by atoms with E-state index in [0.717, 1.165) is 20.3 Å². The molecule has 0 aliphatic carbocycles. The standard InChI is InChI=1S/C13H7ClF3N3O2S/c14-12-18-5-7(23-12)6-20-8-3-1-2-4-19(8)11(22)9(20)10(21)13(15,16)17/h1-5H,6H2/p+1. The van der Waals surface area contributed by atoms with Gasteiger partial charge in [-0.05, 0) is 6.07 Å². The van der Waals surface area contributed by atoms with Crippen LogP contribution in [0.5, 0.6) is 5.88 Å². The number of nitrogens with zero attached hydrogens (tertiary/aromatic N) is 3. The van der Waals surface area contributed by atoms with E-state index in [9.17, 15) is 23.1 Å². The third-order valence-electron chi connectivity index (χ3n) is 3.14. The number of pyridine rings is 1. The molecule has 0 aromatic carbocycles. The van der Waals surface area contributed by atoms with Gasteiger partial charge in [0, 0.05) is 12.3 Å². The van der Waals surface area contributed by atoms with Crippen LogP contribution in [0.2, 0.25) is 4.47 Å². The maximum Gasteiger partial charge on any atom is 0.459 e. The van der Waals surface area contributed by atoms with Crippen LogP contribution in [0.4, 0.5) is 13.2 Å². The summed E-state index contributed by atoms with van der Waals surface area (Å²) in [5, 5.41) is 10.1. The van der Waals surface area contributed by atoms with Crippen LogP contribution in [0.3, 0.4) is 0 Å². The smallest absolute Gasteiger partial charge is 0.459 e. The molecule has 3 aromatic heterocycles. The lowest BCUT2D eigenvalue weighted by Gasteiger charge is -2.04. The number of halogens is 4. The number of ketones is 1. The van der Waals surface area contributed by atoms with E-state index in [0.29, 0.717) is 4.88 Å². The lowest BCUT2D eigenvalue weighted by atomic mass is 10.2. The van der Waals surface area contributed by atoms with Gasteiger partial charge in [-0.15, -0.1) is 11.3 Å². The number of aromatic nitrogens is 3. The Balaban J connectivity index is 2.23. The highest BCUT2D eigenvalue weighted by atomic mass is 35.5. The van der Waals surface area contributed by atoms with Crippen molar-refractivity contribution in [1.29, 1.82) is 0 Å². The molecular formula is C13H8ClF3N3O2S+. The van der Waals surface area contributed by atoms with Gasteiger partial charge in [0.1, 0.15) is 6.54 Å². The monoisotopic (exact) mass is 362 g/mol. The maximum absolute atomic E-state index is 12.9. The summed E-state index contributed by atoms with van der Waals surface area (Å²) >= 11 is 6.80. The van der Waals surface area contributed by atoms with E-state index in [1.54, 1.807) is 6.07 Å². The van der Waals surface area contributed by atoms with E-state index < -0.39 is 23.5 Å². The average Bonchev–Trinajstić information content (AvgIpc) is 3.01. The van der Waals surface area contributed by atoms with Crippen LogP contribution in [0, 0.1) is 0 Å². The van der Waals surface area contributed by atoms with Gasteiger partial charge < -0.3 is 5.11 Å². The summed E-state index contributed by atoms with van der Waals surface area (Å²) in [6.07, 6.45) is -2.32. The zero-order valence-corrected chi connectivity index (χ0v) is 12.8. The molecule has 23 heavy (non-hydrogen) atoms. The highest BCUT2D eigenvalue weighted by Gasteiger charge is 2.47. The summed E-state index contributed by atoms with van der Waals surface area (Å²) in [4.78, 5) is 16.1. The lowest BCUT2D eigenvalue weighted by molar-refractivity contribution is -0.521. The molecule has 0 spiro atoms. The minimum absolute atomic E-state index is 0.0738. The highest BCUT2D eigenvalue weighted by Crippen LogP contribution is 2.29. The van der Waals surface area contributed by atoms with Crippen LogP contribution in [0.1, 0.15) is 15.4 Å². The second-order valence-corrected chi connectivity index (χ2v) is 6.29. The van der Waals surface area contributed by atoms with E-state index in [4.69, 9.17) is 11.6 Å². The number of carbonyl (C=O) groups excluding carboxylic acids is 1. The molecule has 3 heterocycles. The van der Waals surface area contributed by atoms with Crippen molar-refractivity contribution in [2.75, 3.05) is 0 Å². The second kappa shape index (κ2) is 5.50. The summed E-state index contributed by atoms with van der Waals surface area (Å²) in [6, 6.07) is 4.62. The molecular weight excluding hydrogens is 355 g/mol. The summed E-state index contributed by atoms with van der Waals surface area (Å²) in [5.41, 5.74) is -0.588. The first-order valence-electron chi connectivity index (χ1n) is 6.22. The Morgan fingerprint density at radius 3 is 2.78 bits per heavy atom. The van der Waals surface area contributed by atoms with Crippen molar-refractivity contribution in [3.05, 3.63) is 45.6 Å². The molecule has 0 atom stereocenters. The molecule has 5 nitrogen and oxygen atoms in total. The Morgan fingerprint density at radius 2 is 2.17 bits per heavy atom. The van der Waals surface area contributed by atoms with Gasteiger partial charge >= 0.3 is 17.8 Å². The van der Waals surface area contributed by atoms with Gasteiger partial charge in [0.05, 0.1) is 11.1 Å². The SMILES string of the molecule is O=C(c1c(O)[n+]2ccccc2n1Cc1cnc(Cl)s1)C(F)(F)F. The number of Topliss-reactive ketones (excluding diaryl/α,β-unsaturated/α-hetero) is 1. The predicted molar refractivity (Wildman–Crippen MR) is 75.9 cm³/mol. The number of imidazole rings is 1. The topological polar surface area (TPSA) is 59.2 Å². The van der Waals surface area contributed by atoms with Crippen molar-refractivity contribution < 1.29 is 27.5 Å². The van der Waals surface area contributed by atoms with E-state index in [1.807, 2.05) is 0 Å². The zero-order chi connectivity index (χ0) is 16.8.